The van der Waals surface area contributed by atoms with E-state index in [-0.39, 0.29) is 0 Å². The first kappa shape index (κ1) is 15.4. The summed E-state index contributed by atoms with van der Waals surface area (Å²) in [5.41, 5.74) is 0. The molecule has 0 radical (unpaired) electrons. The third-order valence-electron chi connectivity index (χ3n) is 4.40. The van der Waals surface area contributed by atoms with E-state index in [0.717, 1.165) is 37.5 Å². The average molecular weight is 329 g/mol. The van der Waals surface area contributed by atoms with E-state index in [4.69, 9.17) is 0 Å². The molecule has 0 spiro atoms. The van der Waals surface area contributed by atoms with Gasteiger partial charge in [0, 0.05) is 43.6 Å². The number of sulfonamides is 1. The maximum Gasteiger partial charge on any atom is 0.252 e. The monoisotopic (exact) mass is 329 g/mol. The number of hydrogen-bond donors (Lipinski definition) is 1. The summed E-state index contributed by atoms with van der Waals surface area (Å²) in [7, 11) is -3.29. The summed E-state index contributed by atoms with van der Waals surface area (Å²) >= 11 is 1.41. The van der Waals surface area contributed by atoms with Crippen molar-refractivity contribution in [1.29, 1.82) is 0 Å². The van der Waals surface area contributed by atoms with Crippen molar-refractivity contribution < 1.29 is 8.42 Å². The van der Waals surface area contributed by atoms with Gasteiger partial charge in [0.1, 0.15) is 4.21 Å². The van der Waals surface area contributed by atoms with Gasteiger partial charge in [-0.25, -0.2) is 8.42 Å². The van der Waals surface area contributed by atoms with Gasteiger partial charge in [0.25, 0.3) is 10.0 Å². The Bertz CT molecular complexity index is 571. The van der Waals surface area contributed by atoms with Gasteiger partial charge in [-0.2, -0.15) is 4.31 Å². The minimum Gasteiger partial charge on any atom is -0.315 e. The zero-order chi connectivity index (χ0) is 14.9. The maximum atomic E-state index is 12.6. The average Bonchev–Trinajstić information content (AvgIpc) is 3.19. The SMILES string of the molecule is CCc1ccc(S(=O)(=O)N2CCN(C3CCNC3)CC2)s1. The van der Waals surface area contributed by atoms with Crippen LogP contribution in [0.1, 0.15) is 18.2 Å². The lowest BCUT2D eigenvalue weighted by molar-refractivity contribution is 0.145. The van der Waals surface area contributed by atoms with Crippen LogP contribution in [0.3, 0.4) is 0 Å². The Morgan fingerprint density at radius 3 is 2.62 bits per heavy atom. The molecule has 2 aliphatic heterocycles. The molecule has 2 aliphatic rings. The van der Waals surface area contributed by atoms with Crippen LogP contribution in [-0.4, -0.2) is 62.9 Å². The molecule has 0 saturated carbocycles. The van der Waals surface area contributed by atoms with E-state index in [2.05, 4.69) is 17.1 Å². The molecule has 1 N–H and O–H groups in total. The Labute approximate surface area is 131 Å². The van der Waals surface area contributed by atoms with Crippen LogP contribution in [0.2, 0.25) is 0 Å². The quantitative estimate of drug-likeness (QED) is 0.895. The topological polar surface area (TPSA) is 52.7 Å². The van der Waals surface area contributed by atoms with Crippen molar-refractivity contribution in [2.24, 2.45) is 0 Å². The molecular weight excluding hydrogens is 306 g/mol. The van der Waals surface area contributed by atoms with Gasteiger partial charge in [-0.05, 0) is 31.5 Å². The summed E-state index contributed by atoms with van der Waals surface area (Å²) in [5, 5.41) is 3.37. The highest BCUT2D eigenvalue weighted by atomic mass is 32.2. The molecule has 5 nitrogen and oxygen atoms in total. The van der Waals surface area contributed by atoms with Crippen LogP contribution < -0.4 is 5.32 Å². The van der Waals surface area contributed by atoms with Crippen LogP contribution in [0.5, 0.6) is 0 Å². The van der Waals surface area contributed by atoms with Crippen LogP contribution in [0, 0.1) is 0 Å². The molecular formula is C14H23N3O2S2. The number of rotatable bonds is 4. The molecule has 2 fully saturated rings. The van der Waals surface area contributed by atoms with Crippen molar-refractivity contribution in [2.45, 2.75) is 30.0 Å². The molecule has 1 aromatic rings. The van der Waals surface area contributed by atoms with E-state index >= 15 is 0 Å². The third kappa shape index (κ3) is 3.17. The van der Waals surface area contributed by atoms with E-state index in [9.17, 15) is 8.42 Å². The maximum absolute atomic E-state index is 12.6. The summed E-state index contributed by atoms with van der Waals surface area (Å²) in [6.07, 6.45) is 2.07. The number of piperazine rings is 1. The third-order valence-corrected chi connectivity index (χ3v) is 8.00. The lowest BCUT2D eigenvalue weighted by Crippen LogP contribution is -2.52. The molecule has 1 atom stereocenters. The summed E-state index contributed by atoms with van der Waals surface area (Å²) in [5.74, 6) is 0. The minimum atomic E-state index is -3.29. The van der Waals surface area contributed by atoms with Crippen molar-refractivity contribution in [2.75, 3.05) is 39.3 Å². The van der Waals surface area contributed by atoms with Crippen molar-refractivity contribution >= 4 is 21.4 Å². The van der Waals surface area contributed by atoms with Gasteiger partial charge >= 0.3 is 0 Å². The molecule has 0 bridgehead atoms. The second-order valence-electron chi connectivity index (χ2n) is 5.66. The van der Waals surface area contributed by atoms with Gasteiger partial charge in [-0.15, -0.1) is 11.3 Å². The van der Waals surface area contributed by atoms with Crippen LogP contribution in [0.4, 0.5) is 0 Å². The summed E-state index contributed by atoms with van der Waals surface area (Å²) in [6.45, 7) is 7.08. The number of thiophene rings is 1. The molecule has 0 amide bonds. The number of hydrogen-bond acceptors (Lipinski definition) is 5. The van der Waals surface area contributed by atoms with E-state index in [0.29, 0.717) is 23.3 Å². The predicted molar refractivity (Wildman–Crippen MR) is 85.3 cm³/mol. The zero-order valence-corrected chi connectivity index (χ0v) is 14.0. The Morgan fingerprint density at radius 1 is 1.29 bits per heavy atom. The van der Waals surface area contributed by atoms with Gasteiger partial charge in [0.2, 0.25) is 0 Å². The predicted octanol–water partition coefficient (Wildman–Crippen LogP) is 0.979. The molecule has 21 heavy (non-hydrogen) atoms. The van der Waals surface area contributed by atoms with E-state index in [1.54, 1.807) is 10.4 Å². The van der Waals surface area contributed by atoms with Gasteiger partial charge in [0.15, 0.2) is 0 Å². The first-order valence-corrected chi connectivity index (χ1v) is 9.90. The highest BCUT2D eigenvalue weighted by molar-refractivity contribution is 7.91. The zero-order valence-electron chi connectivity index (χ0n) is 12.4. The van der Waals surface area contributed by atoms with E-state index in [1.165, 1.54) is 17.8 Å². The van der Waals surface area contributed by atoms with Crippen molar-refractivity contribution in [3.8, 4) is 0 Å². The van der Waals surface area contributed by atoms with Crippen LogP contribution in [0.15, 0.2) is 16.3 Å². The second-order valence-corrected chi connectivity index (χ2v) is 8.99. The molecule has 2 saturated heterocycles. The van der Waals surface area contributed by atoms with Gasteiger partial charge in [-0.3, -0.25) is 4.90 Å². The fourth-order valence-electron chi connectivity index (χ4n) is 3.07. The Hall–Kier alpha value is -0.470. The summed E-state index contributed by atoms with van der Waals surface area (Å²) in [4.78, 5) is 3.56. The highest BCUT2D eigenvalue weighted by Gasteiger charge is 2.32. The number of aryl methyl sites for hydroxylation is 1. The molecule has 118 valence electrons. The van der Waals surface area contributed by atoms with Crippen LogP contribution >= 0.6 is 11.3 Å². The molecule has 0 aromatic carbocycles. The summed E-state index contributed by atoms with van der Waals surface area (Å²) < 4.78 is 27.4. The van der Waals surface area contributed by atoms with Crippen molar-refractivity contribution in [1.82, 2.24) is 14.5 Å². The Morgan fingerprint density at radius 2 is 2.05 bits per heavy atom. The van der Waals surface area contributed by atoms with Crippen molar-refractivity contribution in [3.63, 3.8) is 0 Å². The molecule has 1 unspecified atom stereocenters. The molecule has 3 heterocycles. The van der Waals surface area contributed by atoms with Gasteiger partial charge < -0.3 is 5.32 Å². The molecule has 1 aromatic heterocycles. The molecule has 7 heteroatoms. The lowest BCUT2D eigenvalue weighted by Gasteiger charge is -2.36. The number of nitrogens with zero attached hydrogens (tertiary/aromatic N) is 2. The van der Waals surface area contributed by atoms with Gasteiger partial charge in [0.05, 0.1) is 0 Å². The number of nitrogens with one attached hydrogen (secondary N) is 1. The van der Waals surface area contributed by atoms with E-state index < -0.39 is 10.0 Å². The second kappa shape index (κ2) is 6.34. The van der Waals surface area contributed by atoms with Crippen molar-refractivity contribution in [3.05, 3.63) is 17.0 Å². The van der Waals surface area contributed by atoms with Crippen LogP contribution in [-0.2, 0) is 16.4 Å². The smallest absolute Gasteiger partial charge is 0.252 e. The highest BCUT2D eigenvalue weighted by Crippen LogP contribution is 2.26. The fraction of sp³-hybridized carbons (Fsp3) is 0.714. The van der Waals surface area contributed by atoms with E-state index in [1.807, 2.05) is 6.07 Å². The fourth-order valence-corrected chi connectivity index (χ4v) is 5.95. The molecule has 3 rings (SSSR count). The normalized spacial score (nSPS) is 25.5. The standard InChI is InChI=1S/C14H23N3O2S2/c1-2-13-3-4-14(20-13)21(18,19)17-9-7-16(8-10-17)12-5-6-15-11-12/h3-4,12,15H,2,5-11H2,1H3. The van der Waals surface area contributed by atoms with Crippen LogP contribution in [0.25, 0.3) is 0 Å². The summed E-state index contributed by atoms with van der Waals surface area (Å²) in [6, 6.07) is 4.27. The molecule has 0 aliphatic carbocycles. The Balaban J connectivity index is 1.65. The largest absolute Gasteiger partial charge is 0.315 e. The lowest BCUT2D eigenvalue weighted by atomic mass is 10.2. The minimum absolute atomic E-state index is 0.496. The van der Waals surface area contributed by atoms with Gasteiger partial charge in [-0.1, -0.05) is 6.92 Å². The first-order chi connectivity index (χ1) is 10.1. The Kier molecular flexibility index (Phi) is 4.66. The first-order valence-electron chi connectivity index (χ1n) is 7.65.